The summed E-state index contributed by atoms with van der Waals surface area (Å²) in [6.07, 6.45) is 2.24. The molecule has 2 aliphatic rings. The minimum Gasteiger partial charge on any atom is -0.348 e. The van der Waals surface area contributed by atoms with Gasteiger partial charge >= 0.3 is 6.03 Å². The molecule has 0 saturated carbocycles. The van der Waals surface area contributed by atoms with Gasteiger partial charge in [-0.05, 0) is 62.3 Å². The lowest BCUT2D eigenvalue weighted by Gasteiger charge is -2.33. The molecule has 4 amide bonds. The first kappa shape index (κ1) is 20.1. The van der Waals surface area contributed by atoms with Gasteiger partial charge in [0, 0.05) is 0 Å². The molecule has 30 heavy (non-hydrogen) atoms. The largest absolute Gasteiger partial charge is 0.348 e. The van der Waals surface area contributed by atoms with Gasteiger partial charge in [0.05, 0.1) is 6.04 Å². The molecule has 1 heterocycles. The zero-order valence-corrected chi connectivity index (χ0v) is 17.6. The number of benzene rings is 2. The third kappa shape index (κ3) is 3.36. The van der Waals surface area contributed by atoms with E-state index in [9.17, 15) is 14.4 Å². The molecule has 1 fully saturated rings. The number of carbonyl (C=O) groups excluding carboxylic acids is 3. The van der Waals surface area contributed by atoms with Crippen molar-refractivity contribution in [3.63, 3.8) is 0 Å². The van der Waals surface area contributed by atoms with Crippen molar-refractivity contribution in [1.82, 2.24) is 15.5 Å². The fourth-order valence-corrected chi connectivity index (χ4v) is 4.69. The van der Waals surface area contributed by atoms with E-state index in [2.05, 4.69) is 10.6 Å². The van der Waals surface area contributed by atoms with Crippen LogP contribution in [0.2, 0.25) is 0 Å². The standard InChI is InChI=1S/C24H27N3O3/c1-15-10-11-16(2)19(13-15)17(3)25-21(28)14-27-22(29)24(26-23(27)30)12-6-8-18-7-4-5-9-20(18)24/h4-5,7,9-11,13,17H,6,8,12,14H2,1-3H3,(H,25,28)(H,26,30). The lowest BCUT2D eigenvalue weighted by Crippen LogP contribution is -2.47. The van der Waals surface area contributed by atoms with Gasteiger partial charge in [-0.15, -0.1) is 0 Å². The van der Waals surface area contributed by atoms with Crippen LogP contribution in [-0.4, -0.2) is 29.3 Å². The van der Waals surface area contributed by atoms with E-state index in [-0.39, 0.29) is 24.4 Å². The monoisotopic (exact) mass is 405 g/mol. The van der Waals surface area contributed by atoms with Crippen LogP contribution in [0.15, 0.2) is 42.5 Å². The number of hydrogen-bond donors (Lipinski definition) is 2. The van der Waals surface area contributed by atoms with Crippen molar-refractivity contribution in [2.45, 2.75) is 51.6 Å². The van der Waals surface area contributed by atoms with E-state index in [0.29, 0.717) is 6.42 Å². The molecule has 2 N–H and O–H groups in total. The molecule has 4 rings (SSSR count). The van der Waals surface area contributed by atoms with Crippen molar-refractivity contribution >= 4 is 17.8 Å². The highest BCUT2D eigenvalue weighted by molar-refractivity contribution is 6.09. The Morgan fingerprint density at radius 1 is 1.20 bits per heavy atom. The quantitative estimate of drug-likeness (QED) is 0.767. The van der Waals surface area contributed by atoms with Crippen molar-refractivity contribution in [1.29, 1.82) is 0 Å². The Labute approximate surface area is 176 Å². The fraction of sp³-hybridized carbons (Fsp3) is 0.375. The number of carbonyl (C=O) groups is 3. The number of amides is 4. The van der Waals surface area contributed by atoms with E-state index in [1.165, 1.54) is 0 Å². The summed E-state index contributed by atoms with van der Waals surface area (Å²) in [5, 5.41) is 5.82. The number of nitrogens with zero attached hydrogens (tertiary/aromatic N) is 1. The van der Waals surface area contributed by atoms with E-state index in [0.717, 1.165) is 45.6 Å². The zero-order valence-electron chi connectivity index (χ0n) is 17.6. The maximum Gasteiger partial charge on any atom is 0.325 e. The van der Waals surface area contributed by atoms with Crippen molar-refractivity contribution in [3.05, 3.63) is 70.3 Å². The van der Waals surface area contributed by atoms with E-state index >= 15 is 0 Å². The normalized spacial score (nSPS) is 21.4. The first-order valence-electron chi connectivity index (χ1n) is 10.4. The summed E-state index contributed by atoms with van der Waals surface area (Å²) in [6, 6.07) is 13.1. The topological polar surface area (TPSA) is 78.5 Å². The van der Waals surface area contributed by atoms with Gasteiger partial charge in [-0.3, -0.25) is 14.5 Å². The van der Waals surface area contributed by atoms with E-state index < -0.39 is 11.6 Å². The zero-order chi connectivity index (χ0) is 21.5. The van der Waals surface area contributed by atoms with E-state index in [1.807, 2.05) is 63.2 Å². The van der Waals surface area contributed by atoms with Crippen LogP contribution in [0.4, 0.5) is 4.79 Å². The minimum atomic E-state index is -1.05. The van der Waals surface area contributed by atoms with Crippen LogP contribution in [0.3, 0.4) is 0 Å². The average Bonchev–Trinajstić information content (AvgIpc) is 2.95. The van der Waals surface area contributed by atoms with Crippen LogP contribution in [-0.2, 0) is 21.5 Å². The van der Waals surface area contributed by atoms with E-state index in [4.69, 9.17) is 0 Å². The summed E-state index contributed by atoms with van der Waals surface area (Å²) in [6.45, 7) is 5.62. The number of fused-ring (bicyclic) bond motifs is 2. The number of rotatable bonds is 4. The molecule has 1 saturated heterocycles. The fourth-order valence-electron chi connectivity index (χ4n) is 4.69. The van der Waals surface area contributed by atoms with Crippen LogP contribution >= 0.6 is 0 Å². The molecule has 1 aliphatic heterocycles. The van der Waals surface area contributed by atoms with Gasteiger partial charge in [0.2, 0.25) is 5.91 Å². The summed E-state index contributed by atoms with van der Waals surface area (Å²) in [4.78, 5) is 39.7. The number of aryl methyl sites for hydroxylation is 3. The lowest BCUT2D eigenvalue weighted by atomic mass is 9.76. The Bertz CT molecular complexity index is 1030. The van der Waals surface area contributed by atoms with Crippen molar-refractivity contribution in [2.24, 2.45) is 0 Å². The van der Waals surface area contributed by atoms with Crippen molar-refractivity contribution in [3.8, 4) is 0 Å². The second-order valence-electron chi connectivity index (χ2n) is 8.39. The van der Waals surface area contributed by atoms with Gasteiger partial charge in [-0.25, -0.2) is 4.79 Å². The molecule has 0 bridgehead atoms. The molecule has 156 valence electrons. The molecule has 6 nitrogen and oxygen atoms in total. The van der Waals surface area contributed by atoms with Gasteiger partial charge in [0.15, 0.2) is 0 Å². The summed E-state index contributed by atoms with van der Waals surface area (Å²) in [5.41, 5.74) is 4.10. The summed E-state index contributed by atoms with van der Waals surface area (Å²) in [5.74, 6) is -0.692. The molecular weight excluding hydrogens is 378 g/mol. The number of nitrogens with one attached hydrogen (secondary N) is 2. The predicted molar refractivity (Wildman–Crippen MR) is 114 cm³/mol. The first-order chi connectivity index (χ1) is 14.3. The third-order valence-corrected chi connectivity index (χ3v) is 6.23. The van der Waals surface area contributed by atoms with E-state index in [1.54, 1.807) is 0 Å². The SMILES string of the molecule is Cc1ccc(C)c(C(C)NC(=O)CN2C(=O)NC3(CCCc4ccccc43)C2=O)c1. The van der Waals surface area contributed by atoms with Crippen LogP contribution < -0.4 is 10.6 Å². The highest BCUT2D eigenvalue weighted by atomic mass is 16.2. The van der Waals surface area contributed by atoms with Crippen molar-refractivity contribution in [2.75, 3.05) is 6.54 Å². The Morgan fingerprint density at radius 3 is 2.77 bits per heavy atom. The van der Waals surface area contributed by atoms with Crippen LogP contribution in [0, 0.1) is 13.8 Å². The Balaban J connectivity index is 1.51. The number of imide groups is 1. The molecule has 1 spiro atoms. The second kappa shape index (κ2) is 7.59. The smallest absolute Gasteiger partial charge is 0.325 e. The maximum absolute atomic E-state index is 13.3. The Morgan fingerprint density at radius 2 is 1.97 bits per heavy atom. The predicted octanol–water partition coefficient (Wildman–Crippen LogP) is 3.26. The van der Waals surface area contributed by atoms with Gasteiger partial charge in [0.1, 0.15) is 12.1 Å². The Kier molecular flexibility index (Phi) is 5.10. The summed E-state index contributed by atoms with van der Waals surface area (Å²) >= 11 is 0. The second-order valence-corrected chi connectivity index (χ2v) is 8.39. The molecular formula is C24H27N3O3. The van der Waals surface area contributed by atoms with Crippen LogP contribution in [0.1, 0.15) is 53.6 Å². The number of urea groups is 1. The minimum absolute atomic E-state index is 0.220. The molecule has 2 unspecified atom stereocenters. The highest BCUT2D eigenvalue weighted by Gasteiger charge is 2.54. The maximum atomic E-state index is 13.3. The van der Waals surface area contributed by atoms with Crippen LogP contribution in [0.5, 0.6) is 0 Å². The molecule has 6 heteroatoms. The molecule has 0 radical (unpaired) electrons. The number of hydrogen-bond acceptors (Lipinski definition) is 3. The van der Waals surface area contributed by atoms with Gasteiger partial charge in [-0.2, -0.15) is 0 Å². The summed E-state index contributed by atoms with van der Waals surface area (Å²) in [7, 11) is 0. The average molecular weight is 405 g/mol. The molecule has 2 aromatic rings. The third-order valence-electron chi connectivity index (χ3n) is 6.23. The van der Waals surface area contributed by atoms with Crippen molar-refractivity contribution < 1.29 is 14.4 Å². The van der Waals surface area contributed by atoms with Gasteiger partial charge in [-0.1, -0.05) is 48.0 Å². The molecule has 0 aromatic heterocycles. The molecule has 1 aliphatic carbocycles. The molecule has 2 atom stereocenters. The Hall–Kier alpha value is -3.15. The summed E-state index contributed by atoms with van der Waals surface area (Å²) < 4.78 is 0. The van der Waals surface area contributed by atoms with Crippen LogP contribution in [0.25, 0.3) is 0 Å². The highest BCUT2D eigenvalue weighted by Crippen LogP contribution is 2.39. The lowest BCUT2D eigenvalue weighted by molar-refractivity contribution is -0.135. The van der Waals surface area contributed by atoms with Gasteiger partial charge < -0.3 is 10.6 Å². The molecule has 2 aromatic carbocycles. The van der Waals surface area contributed by atoms with Gasteiger partial charge in [0.25, 0.3) is 5.91 Å². The first-order valence-corrected chi connectivity index (χ1v) is 10.4.